The van der Waals surface area contributed by atoms with Crippen molar-refractivity contribution in [2.45, 2.75) is 13.5 Å². The fraction of sp³-hybridized carbons (Fsp3) is 0.294. The Kier molecular flexibility index (Phi) is 3.86. The molecule has 4 nitrogen and oxygen atoms in total. The number of anilines is 1. The lowest BCUT2D eigenvalue weighted by Gasteiger charge is -2.23. The SMILES string of the molecule is CCN(Cc1ccc2c(c1)OCO2)c1ccc(OC)cc1. The normalized spacial score (nSPS) is 12.3. The highest BCUT2D eigenvalue weighted by atomic mass is 16.7. The number of methoxy groups -OCH3 is 1. The zero-order valence-electron chi connectivity index (χ0n) is 12.3. The fourth-order valence-electron chi connectivity index (χ4n) is 2.44. The Balaban J connectivity index is 1.77. The van der Waals surface area contributed by atoms with Gasteiger partial charge in [0.1, 0.15) is 5.75 Å². The molecule has 1 heterocycles. The van der Waals surface area contributed by atoms with Gasteiger partial charge in [0.15, 0.2) is 11.5 Å². The second-order valence-electron chi connectivity index (χ2n) is 4.90. The highest BCUT2D eigenvalue weighted by Gasteiger charge is 2.14. The van der Waals surface area contributed by atoms with Gasteiger partial charge in [0.2, 0.25) is 6.79 Å². The lowest BCUT2D eigenvalue weighted by Crippen LogP contribution is -2.21. The Labute approximate surface area is 124 Å². The molecule has 110 valence electrons. The molecule has 0 fully saturated rings. The van der Waals surface area contributed by atoms with Crippen LogP contribution in [-0.4, -0.2) is 20.4 Å². The van der Waals surface area contributed by atoms with Crippen LogP contribution < -0.4 is 19.1 Å². The van der Waals surface area contributed by atoms with Crippen molar-refractivity contribution in [2.24, 2.45) is 0 Å². The molecular formula is C17H19NO3. The van der Waals surface area contributed by atoms with Crippen LogP contribution in [0.15, 0.2) is 42.5 Å². The first-order valence-electron chi connectivity index (χ1n) is 7.07. The van der Waals surface area contributed by atoms with Gasteiger partial charge >= 0.3 is 0 Å². The van der Waals surface area contributed by atoms with E-state index in [0.717, 1.165) is 30.3 Å². The van der Waals surface area contributed by atoms with Crippen LogP contribution >= 0.6 is 0 Å². The predicted octanol–water partition coefficient (Wildman–Crippen LogP) is 3.45. The monoisotopic (exact) mass is 285 g/mol. The smallest absolute Gasteiger partial charge is 0.231 e. The molecule has 21 heavy (non-hydrogen) atoms. The molecule has 0 radical (unpaired) electrons. The maximum absolute atomic E-state index is 5.43. The molecule has 0 unspecified atom stereocenters. The van der Waals surface area contributed by atoms with Crippen molar-refractivity contribution >= 4 is 5.69 Å². The molecule has 1 aliphatic rings. The van der Waals surface area contributed by atoms with Gasteiger partial charge in [-0.25, -0.2) is 0 Å². The van der Waals surface area contributed by atoms with E-state index in [1.807, 2.05) is 18.2 Å². The van der Waals surface area contributed by atoms with Crippen LogP contribution in [0.25, 0.3) is 0 Å². The van der Waals surface area contributed by atoms with Crippen molar-refractivity contribution in [3.05, 3.63) is 48.0 Å². The number of nitrogens with zero attached hydrogens (tertiary/aromatic N) is 1. The molecule has 2 aromatic rings. The lowest BCUT2D eigenvalue weighted by atomic mass is 10.1. The van der Waals surface area contributed by atoms with Crippen molar-refractivity contribution in [2.75, 3.05) is 25.3 Å². The first-order chi connectivity index (χ1) is 10.3. The van der Waals surface area contributed by atoms with Crippen molar-refractivity contribution in [3.8, 4) is 17.2 Å². The van der Waals surface area contributed by atoms with Gasteiger partial charge in [0.05, 0.1) is 7.11 Å². The van der Waals surface area contributed by atoms with Crippen molar-refractivity contribution in [3.63, 3.8) is 0 Å². The summed E-state index contributed by atoms with van der Waals surface area (Å²) >= 11 is 0. The van der Waals surface area contributed by atoms with Gasteiger partial charge in [0, 0.05) is 18.8 Å². The van der Waals surface area contributed by atoms with Crippen LogP contribution in [0.4, 0.5) is 5.69 Å². The van der Waals surface area contributed by atoms with Gasteiger partial charge in [-0.2, -0.15) is 0 Å². The van der Waals surface area contributed by atoms with Crippen LogP contribution in [0.3, 0.4) is 0 Å². The van der Waals surface area contributed by atoms with Gasteiger partial charge in [-0.1, -0.05) is 6.07 Å². The number of benzene rings is 2. The maximum atomic E-state index is 5.43. The summed E-state index contributed by atoms with van der Waals surface area (Å²) in [6, 6.07) is 14.2. The van der Waals surface area contributed by atoms with Crippen molar-refractivity contribution in [1.82, 2.24) is 0 Å². The second kappa shape index (κ2) is 5.95. The summed E-state index contributed by atoms with van der Waals surface area (Å²) in [5, 5.41) is 0. The van der Waals surface area contributed by atoms with Gasteiger partial charge in [-0.3, -0.25) is 0 Å². The molecule has 4 heteroatoms. The third-order valence-corrected chi connectivity index (χ3v) is 3.63. The third-order valence-electron chi connectivity index (χ3n) is 3.63. The molecule has 2 aromatic carbocycles. The molecule has 0 atom stereocenters. The topological polar surface area (TPSA) is 30.9 Å². The molecule has 0 saturated heterocycles. The molecule has 0 amide bonds. The minimum atomic E-state index is 0.314. The van der Waals surface area contributed by atoms with Crippen molar-refractivity contribution < 1.29 is 14.2 Å². The quantitative estimate of drug-likeness (QED) is 0.842. The summed E-state index contributed by atoms with van der Waals surface area (Å²) in [4.78, 5) is 2.30. The zero-order valence-corrected chi connectivity index (χ0v) is 12.3. The summed E-state index contributed by atoms with van der Waals surface area (Å²) in [6.07, 6.45) is 0. The molecule has 0 aliphatic carbocycles. The second-order valence-corrected chi connectivity index (χ2v) is 4.90. The number of fused-ring (bicyclic) bond motifs is 1. The number of ether oxygens (including phenoxy) is 3. The average Bonchev–Trinajstić information content (AvgIpc) is 3.00. The van der Waals surface area contributed by atoms with E-state index in [9.17, 15) is 0 Å². The standard InChI is InChI=1S/C17H19NO3/c1-3-18(14-5-7-15(19-2)8-6-14)11-13-4-9-16-17(10-13)21-12-20-16/h4-10H,3,11-12H2,1-2H3. The predicted molar refractivity (Wildman–Crippen MR) is 82.3 cm³/mol. The van der Waals surface area contributed by atoms with E-state index < -0.39 is 0 Å². The molecular weight excluding hydrogens is 266 g/mol. The van der Waals surface area contributed by atoms with Crippen LogP contribution in [0, 0.1) is 0 Å². The molecule has 0 N–H and O–H groups in total. The Hall–Kier alpha value is -2.36. The minimum absolute atomic E-state index is 0.314. The van der Waals surface area contributed by atoms with E-state index in [1.54, 1.807) is 7.11 Å². The number of hydrogen-bond donors (Lipinski definition) is 0. The van der Waals surface area contributed by atoms with Gasteiger partial charge in [-0.05, 0) is 48.9 Å². The molecule has 0 saturated carbocycles. The first-order valence-corrected chi connectivity index (χ1v) is 7.07. The Morgan fingerprint density at radius 1 is 1.05 bits per heavy atom. The Morgan fingerprint density at radius 3 is 2.52 bits per heavy atom. The van der Waals surface area contributed by atoms with Crippen molar-refractivity contribution in [1.29, 1.82) is 0 Å². The highest BCUT2D eigenvalue weighted by molar-refractivity contribution is 5.51. The zero-order chi connectivity index (χ0) is 14.7. The van der Waals surface area contributed by atoms with Crippen LogP contribution in [-0.2, 0) is 6.54 Å². The van der Waals surface area contributed by atoms with E-state index >= 15 is 0 Å². The van der Waals surface area contributed by atoms with E-state index in [2.05, 4.69) is 36.1 Å². The van der Waals surface area contributed by atoms with Gasteiger partial charge < -0.3 is 19.1 Å². The molecule has 0 bridgehead atoms. The van der Waals surface area contributed by atoms with E-state index in [4.69, 9.17) is 14.2 Å². The third kappa shape index (κ3) is 2.89. The number of hydrogen-bond acceptors (Lipinski definition) is 4. The molecule has 3 rings (SSSR count). The fourth-order valence-corrected chi connectivity index (χ4v) is 2.44. The number of rotatable bonds is 5. The van der Waals surface area contributed by atoms with Crippen LogP contribution in [0.5, 0.6) is 17.2 Å². The summed E-state index contributed by atoms with van der Waals surface area (Å²) in [6.45, 7) is 4.23. The van der Waals surface area contributed by atoms with Crippen LogP contribution in [0.1, 0.15) is 12.5 Å². The van der Waals surface area contributed by atoms with Gasteiger partial charge in [0.25, 0.3) is 0 Å². The summed E-state index contributed by atoms with van der Waals surface area (Å²) in [5.41, 5.74) is 2.38. The lowest BCUT2D eigenvalue weighted by molar-refractivity contribution is 0.174. The first kappa shape index (κ1) is 13.6. The van der Waals surface area contributed by atoms with E-state index in [1.165, 1.54) is 11.3 Å². The van der Waals surface area contributed by atoms with Crippen LogP contribution in [0.2, 0.25) is 0 Å². The van der Waals surface area contributed by atoms with E-state index in [-0.39, 0.29) is 0 Å². The van der Waals surface area contributed by atoms with Gasteiger partial charge in [-0.15, -0.1) is 0 Å². The summed E-state index contributed by atoms with van der Waals surface area (Å²) in [5.74, 6) is 2.53. The summed E-state index contributed by atoms with van der Waals surface area (Å²) in [7, 11) is 1.68. The van der Waals surface area contributed by atoms with E-state index in [0.29, 0.717) is 6.79 Å². The highest BCUT2D eigenvalue weighted by Crippen LogP contribution is 2.33. The molecule has 0 aromatic heterocycles. The molecule has 0 spiro atoms. The molecule has 1 aliphatic heterocycles. The maximum Gasteiger partial charge on any atom is 0.231 e. The Bertz CT molecular complexity index is 610. The minimum Gasteiger partial charge on any atom is -0.497 e. The largest absolute Gasteiger partial charge is 0.497 e. The summed E-state index contributed by atoms with van der Waals surface area (Å²) < 4.78 is 16.0. The Morgan fingerprint density at radius 2 is 1.81 bits per heavy atom. The average molecular weight is 285 g/mol.